The van der Waals surface area contributed by atoms with Crippen molar-refractivity contribution in [3.05, 3.63) is 47.3 Å². The molecule has 0 amide bonds. The molecule has 1 rings (SSSR count). The first-order chi connectivity index (χ1) is 6.56. The van der Waals surface area contributed by atoms with Crippen LogP contribution in [0.3, 0.4) is 0 Å². The van der Waals surface area contributed by atoms with Crippen molar-refractivity contribution in [2.24, 2.45) is 0 Å². The summed E-state index contributed by atoms with van der Waals surface area (Å²) < 4.78 is 0. The van der Waals surface area contributed by atoms with Crippen LogP contribution < -0.4 is 0 Å². The van der Waals surface area contributed by atoms with Gasteiger partial charge in [-0.15, -0.1) is 0 Å². The molecule has 0 aliphatic carbocycles. The van der Waals surface area contributed by atoms with Crippen molar-refractivity contribution >= 4 is 5.57 Å². The van der Waals surface area contributed by atoms with E-state index in [4.69, 9.17) is 0 Å². The fourth-order valence-electron chi connectivity index (χ4n) is 1.54. The second kappa shape index (κ2) is 4.23. The second-order valence-electron chi connectivity index (χ2n) is 3.63. The first kappa shape index (κ1) is 10.7. The molecular formula is C13H17N. The molecule has 0 aliphatic rings. The van der Waals surface area contributed by atoms with Crippen LogP contribution in [0.2, 0.25) is 0 Å². The van der Waals surface area contributed by atoms with Gasteiger partial charge in [-0.3, -0.25) is 4.98 Å². The maximum atomic E-state index is 4.35. The third-order valence-corrected chi connectivity index (χ3v) is 2.26. The molecule has 0 fully saturated rings. The van der Waals surface area contributed by atoms with Crippen molar-refractivity contribution in [1.29, 1.82) is 0 Å². The number of hydrogen-bond donors (Lipinski definition) is 0. The van der Waals surface area contributed by atoms with Crippen LogP contribution in [0.1, 0.15) is 30.7 Å². The van der Waals surface area contributed by atoms with Gasteiger partial charge < -0.3 is 0 Å². The zero-order valence-electron chi connectivity index (χ0n) is 9.39. The number of hydrogen-bond acceptors (Lipinski definition) is 1. The van der Waals surface area contributed by atoms with E-state index < -0.39 is 0 Å². The van der Waals surface area contributed by atoms with Gasteiger partial charge in [-0.1, -0.05) is 18.2 Å². The molecule has 1 nitrogen and oxygen atoms in total. The third-order valence-electron chi connectivity index (χ3n) is 2.26. The Morgan fingerprint density at radius 1 is 1.43 bits per heavy atom. The monoisotopic (exact) mass is 187 g/mol. The third kappa shape index (κ3) is 2.11. The van der Waals surface area contributed by atoms with Crippen LogP contribution in [0.5, 0.6) is 0 Å². The molecule has 14 heavy (non-hydrogen) atoms. The molecule has 0 radical (unpaired) electrons. The normalized spacial score (nSPS) is 11.6. The molecule has 0 bridgehead atoms. The van der Waals surface area contributed by atoms with Crippen LogP contribution >= 0.6 is 0 Å². The lowest BCUT2D eigenvalue weighted by Crippen LogP contribution is -1.94. The van der Waals surface area contributed by atoms with Gasteiger partial charge in [0, 0.05) is 17.5 Å². The number of allylic oxidation sites excluding steroid dienone is 3. The van der Waals surface area contributed by atoms with Gasteiger partial charge in [-0.2, -0.15) is 0 Å². The van der Waals surface area contributed by atoms with Crippen LogP contribution in [0.25, 0.3) is 5.57 Å². The minimum absolute atomic E-state index is 1.06. The van der Waals surface area contributed by atoms with E-state index in [1.54, 1.807) is 0 Å². The Bertz CT molecular complexity index is 386. The molecule has 0 atom stereocenters. The van der Waals surface area contributed by atoms with Crippen molar-refractivity contribution in [2.75, 3.05) is 0 Å². The van der Waals surface area contributed by atoms with Crippen LogP contribution in [0.4, 0.5) is 0 Å². The molecule has 74 valence electrons. The number of aromatic nitrogens is 1. The first-order valence-electron chi connectivity index (χ1n) is 4.82. The number of aryl methyl sites for hydroxylation is 2. The van der Waals surface area contributed by atoms with Gasteiger partial charge in [0.2, 0.25) is 0 Å². The summed E-state index contributed by atoms with van der Waals surface area (Å²) >= 11 is 0. The highest BCUT2D eigenvalue weighted by atomic mass is 14.7. The van der Waals surface area contributed by atoms with Crippen LogP contribution in [0.15, 0.2) is 30.5 Å². The number of pyridine rings is 1. The number of rotatable bonds is 2. The maximum absolute atomic E-state index is 4.35. The van der Waals surface area contributed by atoms with Crippen molar-refractivity contribution in [3.63, 3.8) is 0 Å². The van der Waals surface area contributed by atoms with E-state index in [-0.39, 0.29) is 0 Å². The summed E-state index contributed by atoms with van der Waals surface area (Å²) in [6.07, 6.45) is 3.98. The molecule has 0 aliphatic heterocycles. The van der Waals surface area contributed by atoms with Crippen molar-refractivity contribution in [1.82, 2.24) is 4.98 Å². The predicted molar refractivity (Wildman–Crippen MR) is 62.2 cm³/mol. The number of nitrogens with zero attached hydrogens (tertiary/aromatic N) is 1. The van der Waals surface area contributed by atoms with Gasteiger partial charge in [-0.25, -0.2) is 0 Å². The van der Waals surface area contributed by atoms with Gasteiger partial charge in [0.15, 0.2) is 0 Å². The summed E-state index contributed by atoms with van der Waals surface area (Å²) in [4.78, 5) is 4.35. The quantitative estimate of drug-likeness (QED) is 0.644. The largest absolute Gasteiger partial charge is 0.261 e. The van der Waals surface area contributed by atoms with E-state index in [2.05, 4.69) is 30.6 Å². The Morgan fingerprint density at radius 2 is 2.07 bits per heavy atom. The molecule has 0 saturated carbocycles. The molecule has 1 heterocycles. The smallest absolute Gasteiger partial charge is 0.0451 e. The first-order valence-corrected chi connectivity index (χ1v) is 4.82. The molecule has 0 spiro atoms. The minimum Gasteiger partial charge on any atom is -0.261 e. The standard InChI is InChI=1S/C13H17N/c1-6-12(9(2)3)13-7-10(4)8-14-11(13)5/h6-8H,2H2,1,3-5H3/b12-6-. The summed E-state index contributed by atoms with van der Waals surface area (Å²) in [5.74, 6) is 0. The summed E-state index contributed by atoms with van der Waals surface area (Å²) in [5, 5.41) is 0. The van der Waals surface area contributed by atoms with Crippen molar-refractivity contribution in [2.45, 2.75) is 27.7 Å². The highest BCUT2D eigenvalue weighted by molar-refractivity contribution is 5.78. The second-order valence-corrected chi connectivity index (χ2v) is 3.63. The van der Waals surface area contributed by atoms with Crippen LogP contribution in [-0.2, 0) is 0 Å². The molecule has 1 aromatic rings. The Morgan fingerprint density at radius 3 is 2.57 bits per heavy atom. The Labute approximate surface area is 86.2 Å². The Hall–Kier alpha value is -1.37. The summed E-state index contributed by atoms with van der Waals surface area (Å²) in [6.45, 7) is 12.1. The average molecular weight is 187 g/mol. The predicted octanol–water partition coefficient (Wildman–Crippen LogP) is 3.68. The average Bonchev–Trinajstić information content (AvgIpc) is 2.11. The lowest BCUT2D eigenvalue weighted by atomic mass is 9.98. The summed E-state index contributed by atoms with van der Waals surface area (Å²) in [5.41, 5.74) is 5.72. The molecule has 1 aromatic heterocycles. The van der Waals surface area contributed by atoms with Gasteiger partial charge >= 0.3 is 0 Å². The molecule has 0 saturated heterocycles. The van der Waals surface area contributed by atoms with Crippen molar-refractivity contribution in [3.8, 4) is 0 Å². The van der Waals surface area contributed by atoms with Crippen LogP contribution in [0, 0.1) is 13.8 Å². The van der Waals surface area contributed by atoms with E-state index >= 15 is 0 Å². The minimum atomic E-state index is 1.06. The molecule has 1 heteroatoms. The fraction of sp³-hybridized carbons (Fsp3) is 0.308. The lowest BCUT2D eigenvalue weighted by molar-refractivity contribution is 1.15. The highest BCUT2D eigenvalue weighted by Gasteiger charge is 2.05. The maximum Gasteiger partial charge on any atom is 0.0451 e. The van der Waals surface area contributed by atoms with E-state index in [0.717, 1.165) is 11.3 Å². The molecule has 0 N–H and O–H groups in total. The Kier molecular flexibility index (Phi) is 3.23. The van der Waals surface area contributed by atoms with Gasteiger partial charge in [0.25, 0.3) is 0 Å². The summed E-state index contributed by atoms with van der Waals surface area (Å²) in [7, 11) is 0. The highest BCUT2D eigenvalue weighted by Crippen LogP contribution is 2.24. The van der Waals surface area contributed by atoms with Gasteiger partial charge in [0.1, 0.15) is 0 Å². The zero-order valence-corrected chi connectivity index (χ0v) is 9.39. The molecular weight excluding hydrogens is 170 g/mol. The zero-order chi connectivity index (χ0) is 10.7. The SMILES string of the molecule is C=C(C)/C(=C/C)c1cc(C)cnc1C. The van der Waals surface area contributed by atoms with Gasteiger partial charge in [-0.05, 0) is 44.9 Å². The fourth-order valence-corrected chi connectivity index (χ4v) is 1.54. The van der Waals surface area contributed by atoms with Crippen LogP contribution in [-0.4, -0.2) is 4.98 Å². The molecule has 0 aromatic carbocycles. The van der Waals surface area contributed by atoms with E-state index in [1.165, 1.54) is 16.7 Å². The summed E-state index contributed by atoms with van der Waals surface area (Å²) in [6, 6.07) is 2.16. The Balaban J connectivity index is 3.30. The van der Waals surface area contributed by atoms with E-state index in [9.17, 15) is 0 Å². The van der Waals surface area contributed by atoms with Crippen molar-refractivity contribution < 1.29 is 0 Å². The topological polar surface area (TPSA) is 12.9 Å². The van der Waals surface area contributed by atoms with Gasteiger partial charge in [0.05, 0.1) is 0 Å². The van der Waals surface area contributed by atoms with E-state index in [1.807, 2.05) is 27.0 Å². The van der Waals surface area contributed by atoms with E-state index in [0.29, 0.717) is 0 Å². The lowest BCUT2D eigenvalue weighted by Gasteiger charge is -2.10. The molecule has 0 unspecified atom stereocenters.